The molecule has 74 valence electrons. The van der Waals surface area contributed by atoms with Gasteiger partial charge in [0.25, 0.3) is 0 Å². The van der Waals surface area contributed by atoms with E-state index in [1.807, 2.05) is 0 Å². The van der Waals surface area contributed by atoms with E-state index in [4.69, 9.17) is 5.73 Å². The van der Waals surface area contributed by atoms with Crippen LogP contribution in [0.5, 0.6) is 0 Å². The molecule has 0 aliphatic heterocycles. The number of halogens is 1. The average molecular weight is 262 g/mol. The maximum atomic E-state index is 6.12. The predicted molar refractivity (Wildman–Crippen MR) is 63.1 cm³/mol. The van der Waals surface area contributed by atoms with Crippen molar-refractivity contribution in [1.29, 1.82) is 0 Å². The van der Waals surface area contributed by atoms with Crippen molar-refractivity contribution in [3.63, 3.8) is 0 Å². The molecule has 3 heteroatoms. The standard InChI is InChI=1S/C10H16BrNS/c1-4-6(2)10(12)9-5-8(11)7(3)13-9/h5-6,10H,4,12H2,1-3H3. The van der Waals surface area contributed by atoms with Crippen molar-refractivity contribution < 1.29 is 0 Å². The van der Waals surface area contributed by atoms with Gasteiger partial charge in [-0.3, -0.25) is 0 Å². The minimum absolute atomic E-state index is 0.194. The van der Waals surface area contributed by atoms with E-state index in [1.54, 1.807) is 11.3 Å². The molecule has 1 rings (SSSR count). The highest BCUT2D eigenvalue weighted by Gasteiger charge is 2.16. The molecule has 2 N–H and O–H groups in total. The first-order valence-electron chi connectivity index (χ1n) is 4.57. The van der Waals surface area contributed by atoms with Gasteiger partial charge >= 0.3 is 0 Å². The first-order valence-corrected chi connectivity index (χ1v) is 6.18. The van der Waals surface area contributed by atoms with Gasteiger partial charge in [0.15, 0.2) is 0 Å². The van der Waals surface area contributed by atoms with Crippen molar-refractivity contribution >= 4 is 27.3 Å². The van der Waals surface area contributed by atoms with Crippen molar-refractivity contribution in [3.8, 4) is 0 Å². The third-order valence-corrected chi connectivity index (χ3v) is 4.70. The highest BCUT2D eigenvalue weighted by Crippen LogP contribution is 2.33. The van der Waals surface area contributed by atoms with Gasteiger partial charge in [-0.15, -0.1) is 11.3 Å². The van der Waals surface area contributed by atoms with Crippen LogP contribution in [-0.2, 0) is 0 Å². The molecule has 13 heavy (non-hydrogen) atoms. The van der Waals surface area contributed by atoms with Crippen molar-refractivity contribution in [2.75, 3.05) is 0 Å². The Labute approximate surface area is 92.5 Å². The molecule has 0 saturated carbocycles. The molecule has 0 fully saturated rings. The molecule has 0 radical (unpaired) electrons. The third kappa shape index (κ3) is 2.55. The fourth-order valence-electron chi connectivity index (χ4n) is 1.18. The molecule has 0 bridgehead atoms. The summed E-state index contributed by atoms with van der Waals surface area (Å²) in [5.41, 5.74) is 6.12. The van der Waals surface area contributed by atoms with Gasteiger partial charge in [-0.25, -0.2) is 0 Å². The van der Waals surface area contributed by atoms with Gasteiger partial charge in [0.05, 0.1) is 0 Å². The van der Waals surface area contributed by atoms with Crippen molar-refractivity contribution in [3.05, 3.63) is 20.3 Å². The van der Waals surface area contributed by atoms with E-state index in [0.717, 1.165) is 6.42 Å². The summed E-state index contributed by atoms with van der Waals surface area (Å²) >= 11 is 5.30. The lowest BCUT2D eigenvalue weighted by molar-refractivity contribution is 0.462. The molecule has 0 saturated heterocycles. The molecule has 0 spiro atoms. The molecular weight excluding hydrogens is 246 g/mol. The number of aryl methyl sites for hydroxylation is 1. The van der Waals surface area contributed by atoms with Crippen LogP contribution in [0.15, 0.2) is 10.5 Å². The predicted octanol–water partition coefficient (Wildman–Crippen LogP) is 3.86. The van der Waals surface area contributed by atoms with Crippen LogP contribution in [-0.4, -0.2) is 0 Å². The van der Waals surface area contributed by atoms with Gasteiger partial charge in [-0.2, -0.15) is 0 Å². The Morgan fingerprint density at radius 3 is 2.62 bits per heavy atom. The summed E-state index contributed by atoms with van der Waals surface area (Å²) < 4.78 is 1.19. The fraction of sp³-hybridized carbons (Fsp3) is 0.600. The minimum atomic E-state index is 0.194. The van der Waals surface area contributed by atoms with Gasteiger partial charge in [-0.05, 0) is 34.8 Å². The van der Waals surface area contributed by atoms with Crippen LogP contribution in [0.3, 0.4) is 0 Å². The first-order chi connectivity index (χ1) is 6.06. The zero-order valence-corrected chi connectivity index (χ0v) is 10.7. The molecule has 1 heterocycles. The lowest BCUT2D eigenvalue weighted by Crippen LogP contribution is -2.17. The average Bonchev–Trinajstić information content (AvgIpc) is 2.44. The summed E-state index contributed by atoms with van der Waals surface area (Å²) in [5.74, 6) is 0.560. The molecule has 0 aliphatic rings. The number of rotatable bonds is 3. The van der Waals surface area contributed by atoms with Crippen LogP contribution in [0.2, 0.25) is 0 Å². The largest absolute Gasteiger partial charge is 0.323 e. The second-order valence-electron chi connectivity index (χ2n) is 3.46. The second-order valence-corrected chi connectivity index (χ2v) is 5.61. The Morgan fingerprint density at radius 2 is 2.23 bits per heavy atom. The lowest BCUT2D eigenvalue weighted by Gasteiger charge is -2.16. The van der Waals surface area contributed by atoms with E-state index in [9.17, 15) is 0 Å². The molecule has 1 nitrogen and oxygen atoms in total. The summed E-state index contributed by atoms with van der Waals surface area (Å²) in [5, 5.41) is 0. The number of nitrogens with two attached hydrogens (primary N) is 1. The zero-order valence-electron chi connectivity index (χ0n) is 8.30. The number of thiophene rings is 1. The first kappa shape index (κ1) is 11.2. The Hall–Kier alpha value is 0.140. The van der Waals surface area contributed by atoms with Gasteiger partial charge in [0, 0.05) is 20.3 Å². The Morgan fingerprint density at radius 1 is 1.62 bits per heavy atom. The van der Waals surface area contributed by atoms with Gasteiger partial charge in [0.1, 0.15) is 0 Å². The van der Waals surface area contributed by atoms with E-state index >= 15 is 0 Å². The normalized spacial score (nSPS) is 15.8. The molecule has 0 aliphatic carbocycles. The smallest absolute Gasteiger partial charge is 0.0416 e. The number of hydrogen-bond donors (Lipinski definition) is 1. The van der Waals surface area contributed by atoms with Crippen LogP contribution in [0, 0.1) is 12.8 Å². The minimum Gasteiger partial charge on any atom is -0.323 e. The van der Waals surface area contributed by atoms with Gasteiger partial charge in [-0.1, -0.05) is 20.3 Å². The lowest BCUT2D eigenvalue weighted by atomic mass is 9.99. The van der Waals surface area contributed by atoms with Crippen LogP contribution in [0.4, 0.5) is 0 Å². The van der Waals surface area contributed by atoms with E-state index in [1.165, 1.54) is 14.2 Å². The summed E-state index contributed by atoms with van der Waals surface area (Å²) in [7, 11) is 0. The topological polar surface area (TPSA) is 26.0 Å². The Kier molecular flexibility index (Phi) is 3.95. The zero-order chi connectivity index (χ0) is 10.0. The molecule has 1 aromatic heterocycles. The van der Waals surface area contributed by atoms with Crippen LogP contribution in [0.25, 0.3) is 0 Å². The maximum absolute atomic E-state index is 6.12. The molecule has 0 aromatic carbocycles. The van der Waals surface area contributed by atoms with E-state index < -0.39 is 0 Å². The van der Waals surface area contributed by atoms with Crippen LogP contribution in [0.1, 0.15) is 36.1 Å². The third-order valence-electron chi connectivity index (χ3n) is 2.46. The number of hydrogen-bond acceptors (Lipinski definition) is 2. The molecular formula is C10H16BrNS. The van der Waals surface area contributed by atoms with Crippen molar-refractivity contribution in [2.24, 2.45) is 11.7 Å². The fourth-order valence-corrected chi connectivity index (χ4v) is 2.88. The van der Waals surface area contributed by atoms with E-state index in [0.29, 0.717) is 5.92 Å². The molecule has 1 aromatic rings. The second kappa shape index (κ2) is 4.58. The van der Waals surface area contributed by atoms with Crippen LogP contribution >= 0.6 is 27.3 Å². The molecule has 2 unspecified atom stereocenters. The van der Waals surface area contributed by atoms with E-state index in [-0.39, 0.29) is 6.04 Å². The summed E-state index contributed by atoms with van der Waals surface area (Å²) in [6, 6.07) is 2.34. The summed E-state index contributed by atoms with van der Waals surface area (Å²) in [6.45, 7) is 6.50. The maximum Gasteiger partial charge on any atom is 0.0416 e. The highest BCUT2D eigenvalue weighted by molar-refractivity contribution is 9.10. The summed E-state index contributed by atoms with van der Waals surface area (Å²) in [4.78, 5) is 2.60. The summed E-state index contributed by atoms with van der Waals surface area (Å²) in [6.07, 6.45) is 1.13. The van der Waals surface area contributed by atoms with E-state index in [2.05, 4.69) is 42.8 Å². The van der Waals surface area contributed by atoms with Gasteiger partial charge in [0.2, 0.25) is 0 Å². The van der Waals surface area contributed by atoms with Crippen molar-refractivity contribution in [2.45, 2.75) is 33.2 Å². The molecule has 0 amide bonds. The van der Waals surface area contributed by atoms with Gasteiger partial charge < -0.3 is 5.73 Å². The quantitative estimate of drug-likeness (QED) is 0.879. The Balaban J connectivity index is 2.82. The molecule has 2 atom stereocenters. The monoisotopic (exact) mass is 261 g/mol. The SMILES string of the molecule is CCC(C)C(N)c1cc(Br)c(C)s1. The van der Waals surface area contributed by atoms with Crippen LogP contribution < -0.4 is 5.73 Å². The Bertz CT molecular complexity index is 263. The van der Waals surface area contributed by atoms with Crippen molar-refractivity contribution in [1.82, 2.24) is 0 Å². The highest BCUT2D eigenvalue weighted by atomic mass is 79.9.